The van der Waals surface area contributed by atoms with Crippen LogP contribution in [0.3, 0.4) is 0 Å². The molecule has 170 valence electrons. The molecule has 0 aliphatic rings. The molecule has 1 atom stereocenters. The van der Waals surface area contributed by atoms with Gasteiger partial charge in [0, 0.05) is 12.5 Å². The van der Waals surface area contributed by atoms with Gasteiger partial charge in [-0.25, -0.2) is 18.0 Å². The molecule has 0 amide bonds. The molecular weight excluding hydrogens is 449 g/mol. The largest absolute Gasteiger partial charge is 0.743 e. The summed E-state index contributed by atoms with van der Waals surface area (Å²) in [4.78, 5) is 22.6. The lowest BCUT2D eigenvalue weighted by atomic mass is 10.1. The van der Waals surface area contributed by atoms with Gasteiger partial charge in [0.15, 0.2) is 10.1 Å². The maximum atomic E-state index is 13.2. The minimum atomic E-state index is -6.72. The van der Waals surface area contributed by atoms with E-state index in [1.54, 1.807) is 0 Å². The molecule has 0 aromatic heterocycles. The number of hydrogen-bond donors (Lipinski definition) is 0. The summed E-state index contributed by atoms with van der Waals surface area (Å²) in [6, 6.07) is 0. The van der Waals surface area contributed by atoms with Gasteiger partial charge in [0.1, 0.15) is 0 Å². The van der Waals surface area contributed by atoms with Crippen LogP contribution in [0.15, 0.2) is 12.7 Å². The lowest BCUT2D eigenvalue weighted by molar-refractivity contribution is -0.353. The van der Waals surface area contributed by atoms with Crippen molar-refractivity contribution in [1.29, 1.82) is 0 Å². The van der Waals surface area contributed by atoms with Gasteiger partial charge < -0.3 is 18.8 Å². The van der Waals surface area contributed by atoms with Crippen LogP contribution in [0.2, 0.25) is 0 Å². The summed E-state index contributed by atoms with van der Waals surface area (Å²) in [7, 11) is -6.23. The molecule has 16 heteroatoms. The van der Waals surface area contributed by atoms with E-state index in [2.05, 4.69) is 20.8 Å². The third kappa shape index (κ3) is 6.02. The number of unbranched alkanes of at least 4 members (excludes halogenated alkanes) is 1. The molecule has 0 radical (unpaired) electrons. The van der Waals surface area contributed by atoms with Gasteiger partial charge in [-0.2, -0.15) is 30.7 Å². The van der Waals surface area contributed by atoms with Crippen molar-refractivity contribution in [2.75, 3.05) is 13.7 Å². The van der Waals surface area contributed by atoms with Crippen LogP contribution in [0.4, 0.5) is 30.7 Å². The zero-order chi connectivity index (χ0) is 23.3. The van der Waals surface area contributed by atoms with E-state index in [1.807, 2.05) is 0 Å². The molecular formula is C13H14F7O8S-. The highest BCUT2D eigenvalue weighted by atomic mass is 32.2. The van der Waals surface area contributed by atoms with E-state index in [0.29, 0.717) is 7.11 Å². The summed E-state index contributed by atoms with van der Waals surface area (Å²) < 4.78 is 135. The van der Waals surface area contributed by atoms with Gasteiger partial charge in [-0.3, -0.25) is 0 Å². The maximum absolute atomic E-state index is 13.2. The second kappa shape index (κ2) is 9.25. The molecule has 0 heterocycles. The van der Waals surface area contributed by atoms with E-state index in [4.69, 9.17) is 0 Å². The average molecular weight is 463 g/mol. The van der Waals surface area contributed by atoms with E-state index >= 15 is 0 Å². The van der Waals surface area contributed by atoms with Gasteiger partial charge in [0.25, 0.3) is 0 Å². The van der Waals surface area contributed by atoms with E-state index in [9.17, 15) is 53.3 Å². The van der Waals surface area contributed by atoms with Gasteiger partial charge in [0.2, 0.25) is 0 Å². The molecule has 0 saturated carbocycles. The number of methoxy groups -OCH3 is 1. The Labute approximate surface area is 159 Å². The van der Waals surface area contributed by atoms with Crippen LogP contribution in [0.5, 0.6) is 0 Å². The molecule has 8 nitrogen and oxygen atoms in total. The predicted octanol–water partition coefficient (Wildman–Crippen LogP) is 2.11. The Kier molecular flexibility index (Phi) is 8.63. The zero-order valence-corrected chi connectivity index (χ0v) is 15.2. The number of esters is 2. The Morgan fingerprint density at radius 3 is 1.97 bits per heavy atom. The molecule has 0 rings (SSSR count). The highest BCUT2D eigenvalue weighted by Gasteiger charge is 2.67. The smallest absolute Gasteiger partial charge is 0.468 e. The molecule has 1 unspecified atom stereocenters. The molecule has 0 spiro atoms. The van der Waals surface area contributed by atoms with Crippen LogP contribution in [0.1, 0.15) is 19.3 Å². The van der Waals surface area contributed by atoms with Crippen LogP contribution in [0.25, 0.3) is 0 Å². The summed E-state index contributed by atoms with van der Waals surface area (Å²) in [6.45, 7) is 1.57. The molecule has 0 aromatic carbocycles. The second-order valence-electron chi connectivity index (χ2n) is 5.21. The van der Waals surface area contributed by atoms with Crippen molar-refractivity contribution >= 4 is 22.1 Å². The van der Waals surface area contributed by atoms with Crippen molar-refractivity contribution in [1.82, 2.24) is 0 Å². The first-order valence-electron chi connectivity index (χ1n) is 7.25. The van der Waals surface area contributed by atoms with Crippen molar-refractivity contribution in [3.05, 3.63) is 12.7 Å². The zero-order valence-electron chi connectivity index (χ0n) is 14.4. The third-order valence-corrected chi connectivity index (χ3v) is 4.10. The number of carbonyl (C=O) groups excluding carboxylic acids is 2. The van der Waals surface area contributed by atoms with Crippen molar-refractivity contribution in [3.63, 3.8) is 0 Å². The maximum Gasteiger partial charge on any atom is 0.468 e. The Hall–Kier alpha value is -1.94. The van der Waals surface area contributed by atoms with Gasteiger partial charge in [-0.1, -0.05) is 6.58 Å². The molecule has 0 aliphatic heterocycles. The van der Waals surface area contributed by atoms with Gasteiger partial charge >= 0.3 is 35.1 Å². The Balaban J connectivity index is 5.25. The Morgan fingerprint density at radius 1 is 1.07 bits per heavy atom. The highest BCUT2D eigenvalue weighted by molar-refractivity contribution is 7.86. The van der Waals surface area contributed by atoms with E-state index in [-0.39, 0.29) is 6.08 Å². The quantitative estimate of drug-likeness (QED) is 0.114. The molecule has 0 fully saturated rings. The fraction of sp³-hybridized carbons (Fsp3) is 0.692. The lowest BCUT2D eigenvalue weighted by Gasteiger charge is -2.31. The standard InChI is InChI=1S/C13H15F7O8S/c1-3-8(21)28-11(9(22)26-2,12(16,17)18)27-7-5-4-6-10(14,15)13(19,20)29(23,24)25/h3H,1,4-7H2,2H3,(H,23,24,25)/p-1. The number of carbonyl (C=O) groups is 2. The monoisotopic (exact) mass is 463 g/mol. The van der Waals surface area contributed by atoms with Crippen molar-refractivity contribution < 1.29 is 67.5 Å². The van der Waals surface area contributed by atoms with Crippen LogP contribution in [-0.4, -0.2) is 61.8 Å². The molecule has 0 saturated heterocycles. The predicted molar refractivity (Wildman–Crippen MR) is 76.5 cm³/mol. The SMILES string of the molecule is C=CC(=O)OC(OCCCCC(F)(F)C(F)(F)S(=O)(=O)[O-])(C(=O)OC)C(F)(F)F. The summed E-state index contributed by atoms with van der Waals surface area (Å²) >= 11 is 0. The number of rotatable bonds is 11. The first-order chi connectivity index (χ1) is 12.9. The molecule has 0 aliphatic carbocycles. The van der Waals surface area contributed by atoms with Crippen LogP contribution >= 0.6 is 0 Å². The van der Waals surface area contributed by atoms with E-state index in [1.165, 1.54) is 0 Å². The summed E-state index contributed by atoms with van der Waals surface area (Å²) in [5.74, 6) is -13.6. The minimum Gasteiger partial charge on any atom is -0.743 e. The molecule has 0 aromatic rings. The number of ether oxygens (including phenoxy) is 3. The average Bonchev–Trinajstić information content (AvgIpc) is 2.57. The van der Waals surface area contributed by atoms with E-state index < -0.39 is 71.1 Å². The van der Waals surface area contributed by atoms with Crippen LogP contribution in [-0.2, 0) is 33.9 Å². The highest BCUT2D eigenvalue weighted by Crippen LogP contribution is 2.42. The molecule has 0 bridgehead atoms. The third-order valence-electron chi connectivity index (χ3n) is 3.17. The van der Waals surface area contributed by atoms with Crippen LogP contribution < -0.4 is 0 Å². The fourth-order valence-corrected chi connectivity index (χ4v) is 2.16. The first kappa shape index (κ1) is 27.1. The Morgan fingerprint density at radius 2 is 1.59 bits per heavy atom. The van der Waals surface area contributed by atoms with Gasteiger partial charge in [0.05, 0.1) is 13.7 Å². The fourth-order valence-electron chi connectivity index (χ4n) is 1.70. The molecule has 29 heavy (non-hydrogen) atoms. The second-order valence-corrected chi connectivity index (χ2v) is 6.63. The van der Waals surface area contributed by atoms with Gasteiger partial charge in [-0.15, -0.1) is 0 Å². The van der Waals surface area contributed by atoms with E-state index in [0.717, 1.165) is 0 Å². The number of halogens is 7. The van der Waals surface area contributed by atoms with Crippen molar-refractivity contribution in [2.45, 2.75) is 42.4 Å². The number of hydrogen-bond acceptors (Lipinski definition) is 8. The normalized spacial score (nSPS) is 15.3. The summed E-state index contributed by atoms with van der Waals surface area (Å²) in [6.07, 6.45) is -9.31. The first-order valence-corrected chi connectivity index (χ1v) is 8.66. The van der Waals surface area contributed by atoms with Crippen molar-refractivity contribution in [2.24, 2.45) is 0 Å². The van der Waals surface area contributed by atoms with Crippen LogP contribution in [0, 0.1) is 0 Å². The summed E-state index contributed by atoms with van der Waals surface area (Å²) in [5, 5.41) is -5.96. The Bertz CT molecular complexity index is 719. The lowest BCUT2D eigenvalue weighted by Crippen LogP contribution is -2.58. The van der Waals surface area contributed by atoms with Gasteiger partial charge in [-0.05, 0) is 12.8 Å². The minimum absolute atomic E-state index is 0.249. The topological polar surface area (TPSA) is 119 Å². The number of alkyl halides is 7. The van der Waals surface area contributed by atoms with Crippen molar-refractivity contribution in [3.8, 4) is 0 Å². The summed E-state index contributed by atoms with van der Waals surface area (Å²) in [5.41, 5.74) is 0. The molecule has 0 N–H and O–H groups in total.